The Bertz CT molecular complexity index is 736. The fraction of sp³-hybridized carbons (Fsp3) is 0.267. The van der Waals surface area contributed by atoms with Crippen LogP contribution in [-0.2, 0) is 6.42 Å². The molecule has 2 N–H and O–H groups in total. The number of benzene rings is 1. The van der Waals surface area contributed by atoms with E-state index in [9.17, 15) is 22.4 Å². The number of nitrogens with two attached hydrogens (primary N) is 1. The van der Waals surface area contributed by atoms with Crippen LogP contribution in [0.1, 0.15) is 38.7 Å². The average molecular weight is 329 g/mol. The van der Waals surface area contributed by atoms with Crippen LogP contribution in [0.25, 0.3) is 0 Å². The Balaban J connectivity index is 2.11. The molecule has 0 amide bonds. The van der Waals surface area contributed by atoms with E-state index in [4.69, 9.17) is 5.73 Å². The van der Waals surface area contributed by atoms with Gasteiger partial charge in [-0.25, -0.2) is 17.6 Å². The summed E-state index contributed by atoms with van der Waals surface area (Å²) in [5.41, 5.74) is 5.43. The Morgan fingerprint density at radius 2 is 1.86 bits per heavy atom. The number of thiophene rings is 1. The normalized spacial score (nSPS) is 17.0. The van der Waals surface area contributed by atoms with Crippen LogP contribution in [0, 0.1) is 11.6 Å². The predicted molar refractivity (Wildman–Crippen MR) is 75.6 cm³/mol. The summed E-state index contributed by atoms with van der Waals surface area (Å²) in [7, 11) is 0. The topological polar surface area (TPSA) is 43.1 Å². The van der Waals surface area contributed by atoms with Gasteiger partial charge in [0.1, 0.15) is 11.6 Å². The highest BCUT2D eigenvalue weighted by atomic mass is 32.1. The maximum absolute atomic E-state index is 13.8. The Morgan fingerprint density at radius 1 is 1.23 bits per heavy atom. The number of fused-ring (bicyclic) bond motifs is 1. The van der Waals surface area contributed by atoms with Crippen LogP contribution in [0.4, 0.5) is 22.6 Å². The monoisotopic (exact) mass is 329 g/mol. The van der Waals surface area contributed by atoms with E-state index < -0.39 is 35.3 Å². The van der Waals surface area contributed by atoms with Crippen LogP contribution in [0.2, 0.25) is 0 Å². The van der Waals surface area contributed by atoms with Crippen LogP contribution in [-0.4, -0.2) is 12.2 Å². The van der Waals surface area contributed by atoms with Crippen molar-refractivity contribution in [1.82, 2.24) is 0 Å². The number of halogens is 4. The van der Waals surface area contributed by atoms with E-state index in [-0.39, 0.29) is 23.4 Å². The number of alkyl halides is 2. The molecule has 116 valence electrons. The van der Waals surface area contributed by atoms with Crippen molar-refractivity contribution in [2.45, 2.75) is 25.2 Å². The standard InChI is InChI=1S/C15H11F4NOS/c16-8-2-1-3-9(17)11(8)12(21)10-6-4-5-7(14(18)19)13(6)22-15(10)20/h1-3,7,14H,4-5,20H2. The van der Waals surface area contributed by atoms with Crippen molar-refractivity contribution >= 4 is 22.1 Å². The highest BCUT2D eigenvalue weighted by Crippen LogP contribution is 2.47. The first kappa shape index (κ1) is 15.0. The van der Waals surface area contributed by atoms with E-state index in [2.05, 4.69) is 0 Å². The summed E-state index contributed by atoms with van der Waals surface area (Å²) < 4.78 is 53.5. The molecule has 1 aromatic carbocycles. The second-order valence-electron chi connectivity index (χ2n) is 5.09. The van der Waals surface area contributed by atoms with Gasteiger partial charge in [0.2, 0.25) is 12.2 Å². The van der Waals surface area contributed by atoms with Crippen molar-refractivity contribution in [3.63, 3.8) is 0 Å². The number of hydrogen-bond donors (Lipinski definition) is 1. The number of carbonyl (C=O) groups excluding carboxylic acids is 1. The molecule has 0 aliphatic heterocycles. The van der Waals surface area contributed by atoms with Gasteiger partial charge in [-0.05, 0) is 30.5 Å². The number of ketones is 1. The molecule has 1 heterocycles. The molecule has 1 aliphatic carbocycles. The van der Waals surface area contributed by atoms with E-state index in [1.165, 1.54) is 0 Å². The summed E-state index contributed by atoms with van der Waals surface area (Å²) in [6, 6.07) is 3.10. The highest BCUT2D eigenvalue weighted by Gasteiger charge is 2.37. The van der Waals surface area contributed by atoms with Gasteiger partial charge in [-0.2, -0.15) is 0 Å². The van der Waals surface area contributed by atoms with Gasteiger partial charge in [0.25, 0.3) is 0 Å². The van der Waals surface area contributed by atoms with Crippen molar-refractivity contribution in [2.24, 2.45) is 0 Å². The van der Waals surface area contributed by atoms with Crippen molar-refractivity contribution in [1.29, 1.82) is 0 Å². The molecular weight excluding hydrogens is 318 g/mol. The summed E-state index contributed by atoms with van der Waals surface area (Å²) in [5.74, 6) is -3.84. The third-order valence-corrected chi connectivity index (χ3v) is 5.02. The maximum Gasteiger partial charge on any atom is 0.246 e. The Kier molecular flexibility index (Phi) is 3.68. The van der Waals surface area contributed by atoms with Gasteiger partial charge in [-0.1, -0.05) is 6.07 Å². The lowest BCUT2D eigenvalue weighted by Crippen LogP contribution is -2.10. The lowest BCUT2D eigenvalue weighted by Gasteiger charge is -2.06. The van der Waals surface area contributed by atoms with E-state index in [0.717, 1.165) is 29.5 Å². The lowest BCUT2D eigenvalue weighted by molar-refractivity contribution is 0.103. The second-order valence-corrected chi connectivity index (χ2v) is 6.17. The second kappa shape index (κ2) is 5.39. The lowest BCUT2D eigenvalue weighted by atomic mass is 9.99. The zero-order valence-electron chi connectivity index (χ0n) is 11.2. The smallest absolute Gasteiger partial charge is 0.246 e. The first-order valence-electron chi connectivity index (χ1n) is 6.59. The zero-order chi connectivity index (χ0) is 16.0. The fourth-order valence-electron chi connectivity index (χ4n) is 2.81. The summed E-state index contributed by atoms with van der Waals surface area (Å²) in [4.78, 5) is 12.8. The predicted octanol–water partition coefficient (Wildman–Crippen LogP) is 4.13. The number of nitrogen functional groups attached to an aromatic ring is 1. The van der Waals surface area contributed by atoms with Crippen molar-refractivity contribution in [3.8, 4) is 0 Å². The molecule has 2 nitrogen and oxygen atoms in total. The third-order valence-electron chi connectivity index (χ3n) is 3.83. The van der Waals surface area contributed by atoms with Crippen LogP contribution < -0.4 is 5.73 Å². The van der Waals surface area contributed by atoms with Gasteiger partial charge >= 0.3 is 0 Å². The van der Waals surface area contributed by atoms with Crippen molar-refractivity contribution in [3.05, 3.63) is 51.4 Å². The largest absolute Gasteiger partial charge is 0.390 e. The van der Waals surface area contributed by atoms with Gasteiger partial charge in [-0.3, -0.25) is 4.79 Å². The van der Waals surface area contributed by atoms with Gasteiger partial charge in [0, 0.05) is 4.88 Å². The number of rotatable bonds is 3. The molecule has 22 heavy (non-hydrogen) atoms. The fourth-order valence-corrected chi connectivity index (χ4v) is 4.07. The quantitative estimate of drug-likeness (QED) is 0.679. The zero-order valence-corrected chi connectivity index (χ0v) is 12.0. The van der Waals surface area contributed by atoms with Crippen molar-refractivity contribution in [2.75, 3.05) is 5.73 Å². The van der Waals surface area contributed by atoms with Crippen LogP contribution in [0.5, 0.6) is 0 Å². The summed E-state index contributed by atoms with van der Waals surface area (Å²) in [6.07, 6.45) is -2.08. The minimum Gasteiger partial charge on any atom is -0.390 e. The first-order chi connectivity index (χ1) is 10.4. The number of carbonyl (C=O) groups is 1. The molecule has 2 aromatic rings. The summed E-state index contributed by atoms with van der Waals surface area (Å²) in [5, 5.41) is 0.0306. The van der Waals surface area contributed by atoms with E-state index in [0.29, 0.717) is 10.4 Å². The molecule has 0 fully saturated rings. The van der Waals surface area contributed by atoms with Crippen LogP contribution in [0.15, 0.2) is 18.2 Å². The van der Waals surface area contributed by atoms with Crippen molar-refractivity contribution < 1.29 is 22.4 Å². The molecule has 0 bridgehead atoms. The Morgan fingerprint density at radius 3 is 2.45 bits per heavy atom. The average Bonchev–Trinajstić information content (AvgIpc) is 2.95. The molecule has 1 unspecified atom stereocenters. The Hall–Kier alpha value is -1.89. The molecule has 0 saturated heterocycles. The third kappa shape index (κ3) is 2.20. The van der Waals surface area contributed by atoms with Gasteiger partial charge < -0.3 is 5.73 Å². The molecule has 7 heteroatoms. The minimum absolute atomic E-state index is 0.0306. The molecular formula is C15H11F4NOS. The SMILES string of the molecule is Nc1sc2c(c1C(=O)c1c(F)cccc1F)CCC2C(F)F. The van der Waals surface area contributed by atoms with Crippen LogP contribution >= 0.6 is 11.3 Å². The molecule has 1 aliphatic rings. The summed E-state index contributed by atoms with van der Waals surface area (Å²) >= 11 is 0.907. The van der Waals surface area contributed by atoms with E-state index in [1.54, 1.807) is 0 Å². The molecule has 0 spiro atoms. The molecule has 3 rings (SSSR count). The van der Waals surface area contributed by atoms with Gasteiger partial charge in [-0.15, -0.1) is 11.3 Å². The molecule has 0 saturated carbocycles. The van der Waals surface area contributed by atoms with E-state index >= 15 is 0 Å². The summed E-state index contributed by atoms with van der Waals surface area (Å²) in [6.45, 7) is 0. The number of hydrogen-bond acceptors (Lipinski definition) is 3. The highest BCUT2D eigenvalue weighted by molar-refractivity contribution is 7.16. The maximum atomic E-state index is 13.8. The van der Waals surface area contributed by atoms with E-state index in [1.807, 2.05) is 0 Å². The minimum atomic E-state index is -2.55. The van der Waals surface area contributed by atoms with Gasteiger partial charge in [0.15, 0.2) is 0 Å². The molecule has 1 atom stereocenters. The molecule has 0 radical (unpaired) electrons. The number of anilines is 1. The van der Waals surface area contributed by atoms with Gasteiger partial charge in [0.05, 0.1) is 22.0 Å². The first-order valence-corrected chi connectivity index (χ1v) is 7.41. The van der Waals surface area contributed by atoms with Crippen LogP contribution in [0.3, 0.4) is 0 Å². The Labute approximate surface area is 127 Å². The molecule has 1 aromatic heterocycles.